The van der Waals surface area contributed by atoms with E-state index in [1.807, 2.05) is 19.1 Å². The molecule has 2 aromatic carbocycles. The molecule has 0 spiro atoms. The quantitative estimate of drug-likeness (QED) is 0.594. The van der Waals surface area contributed by atoms with Crippen LogP contribution in [-0.2, 0) is 6.54 Å². The number of hydrogen-bond donors (Lipinski definition) is 2. The summed E-state index contributed by atoms with van der Waals surface area (Å²) in [5.41, 5.74) is 2.64. The zero-order valence-corrected chi connectivity index (χ0v) is 17.6. The molecule has 0 aliphatic carbocycles. The SMILES string of the molecule is COc1ccc(CNC(=O)c2cnn3c2NC(c2ccc(C)cc2)CC3C(F)(F)F)cc1. The Bertz CT molecular complexity index is 1090. The number of amides is 1. The zero-order valence-electron chi connectivity index (χ0n) is 17.6. The van der Waals surface area contributed by atoms with Crippen LogP contribution in [0.25, 0.3) is 0 Å². The fraction of sp³-hybridized carbons (Fsp3) is 0.304. The molecule has 2 heterocycles. The minimum Gasteiger partial charge on any atom is -0.497 e. The van der Waals surface area contributed by atoms with Crippen LogP contribution in [0, 0.1) is 6.92 Å². The first-order valence-corrected chi connectivity index (χ1v) is 10.1. The highest BCUT2D eigenvalue weighted by atomic mass is 19.4. The minimum atomic E-state index is -4.50. The lowest BCUT2D eigenvalue weighted by molar-refractivity contribution is -0.173. The van der Waals surface area contributed by atoms with E-state index in [-0.39, 0.29) is 24.3 Å². The minimum absolute atomic E-state index is 0.0661. The molecule has 0 radical (unpaired) electrons. The second-order valence-electron chi connectivity index (χ2n) is 7.78. The summed E-state index contributed by atoms with van der Waals surface area (Å²) < 4.78 is 47.4. The van der Waals surface area contributed by atoms with Gasteiger partial charge >= 0.3 is 6.18 Å². The number of carbonyl (C=O) groups excluding carboxylic acids is 1. The van der Waals surface area contributed by atoms with Gasteiger partial charge in [0.1, 0.15) is 17.1 Å². The van der Waals surface area contributed by atoms with Crippen molar-refractivity contribution >= 4 is 11.7 Å². The van der Waals surface area contributed by atoms with Gasteiger partial charge in [0.15, 0.2) is 6.04 Å². The largest absolute Gasteiger partial charge is 0.497 e. The van der Waals surface area contributed by atoms with E-state index in [0.29, 0.717) is 5.75 Å². The van der Waals surface area contributed by atoms with Crippen molar-refractivity contribution in [3.8, 4) is 5.75 Å². The molecule has 168 valence electrons. The Morgan fingerprint density at radius 2 is 1.88 bits per heavy atom. The number of hydrogen-bond acceptors (Lipinski definition) is 4. The van der Waals surface area contributed by atoms with E-state index in [9.17, 15) is 18.0 Å². The number of aryl methyl sites for hydroxylation is 1. The van der Waals surface area contributed by atoms with Crippen molar-refractivity contribution in [2.75, 3.05) is 12.4 Å². The number of halogens is 3. The monoisotopic (exact) mass is 444 g/mol. The summed E-state index contributed by atoms with van der Waals surface area (Å²) in [5.74, 6) is 0.256. The molecule has 32 heavy (non-hydrogen) atoms. The molecule has 0 saturated carbocycles. The number of rotatable bonds is 5. The number of nitrogens with zero attached hydrogens (tertiary/aromatic N) is 2. The Hall–Kier alpha value is -3.49. The predicted molar refractivity (Wildman–Crippen MR) is 114 cm³/mol. The molecule has 6 nitrogen and oxygen atoms in total. The van der Waals surface area contributed by atoms with Crippen LogP contribution in [0.2, 0.25) is 0 Å². The van der Waals surface area contributed by atoms with E-state index in [1.165, 1.54) is 6.20 Å². The maximum Gasteiger partial charge on any atom is 0.410 e. The number of benzene rings is 2. The Balaban J connectivity index is 1.58. The van der Waals surface area contributed by atoms with Gasteiger partial charge in [0.25, 0.3) is 5.91 Å². The number of fused-ring (bicyclic) bond motifs is 1. The fourth-order valence-corrected chi connectivity index (χ4v) is 3.77. The lowest BCUT2D eigenvalue weighted by Gasteiger charge is -2.34. The Labute approximate surface area is 183 Å². The van der Waals surface area contributed by atoms with Gasteiger partial charge < -0.3 is 15.4 Å². The van der Waals surface area contributed by atoms with Crippen molar-refractivity contribution < 1.29 is 22.7 Å². The van der Waals surface area contributed by atoms with Crippen LogP contribution in [0.4, 0.5) is 19.0 Å². The summed E-state index contributed by atoms with van der Waals surface area (Å²) >= 11 is 0. The van der Waals surface area contributed by atoms with Crippen LogP contribution in [0.1, 0.15) is 45.6 Å². The van der Waals surface area contributed by atoms with Gasteiger partial charge in [-0.25, -0.2) is 4.68 Å². The molecule has 1 amide bonds. The van der Waals surface area contributed by atoms with Crippen LogP contribution in [0.15, 0.2) is 54.7 Å². The summed E-state index contributed by atoms with van der Waals surface area (Å²) in [5, 5.41) is 9.75. The molecule has 2 atom stereocenters. The van der Waals surface area contributed by atoms with Crippen molar-refractivity contribution in [2.24, 2.45) is 0 Å². The van der Waals surface area contributed by atoms with Crippen LogP contribution >= 0.6 is 0 Å². The highest BCUT2D eigenvalue weighted by Crippen LogP contribution is 2.44. The Morgan fingerprint density at radius 1 is 1.19 bits per heavy atom. The molecule has 1 aromatic heterocycles. The summed E-state index contributed by atoms with van der Waals surface area (Å²) in [4.78, 5) is 12.8. The molecule has 9 heteroatoms. The first-order chi connectivity index (χ1) is 15.3. The molecule has 2 unspecified atom stereocenters. The normalized spacial score (nSPS) is 17.9. The molecule has 4 rings (SSSR count). The number of alkyl halides is 3. The average molecular weight is 444 g/mol. The van der Waals surface area contributed by atoms with E-state index in [2.05, 4.69) is 15.7 Å². The Morgan fingerprint density at radius 3 is 2.50 bits per heavy atom. The van der Waals surface area contributed by atoms with E-state index < -0.39 is 24.2 Å². The van der Waals surface area contributed by atoms with Gasteiger partial charge in [0, 0.05) is 13.0 Å². The van der Waals surface area contributed by atoms with Crippen molar-refractivity contribution in [3.05, 3.63) is 77.0 Å². The smallest absolute Gasteiger partial charge is 0.410 e. The molecule has 0 saturated heterocycles. The highest BCUT2D eigenvalue weighted by molar-refractivity contribution is 5.98. The molecular weight excluding hydrogens is 421 g/mol. The molecule has 0 fully saturated rings. The third kappa shape index (κ3) is 4.42. The molecule has 3 aromatic rings. The number of nitrogens with one attached hydrogen (secondary N) is 2. The third-order valence-electron chi connectivity index (χ3n) is 5.57. The number of ether oxygens (including phenoxy) is 1. The number of carbonyl (C=O) groups is 1. The predicted octanol–water partition coefficient (Wildman–Crippen LogP) is 4.79. The van der Waals surface area contributed by atoms with E-state index >= 15 is 0 Å². The number of methoxy groups -OCH3 is 1. The lowest BCUT2D eigenvalue weighted by atomic mass is 9.96. The van der Waals surface area contributed by atoms with Crippen molar-refractivity contribution in [1.29, 1.82) is 0 Å². The molecule has 0 bridgehead atoms. The number of aromatic nitrogens is 2. The van der Waals surface area contributed by atoms with Gasteiger partial charge in [-0.15, -0.1) is 0 Å². The van der Waals surface area contributed by atoms with E-state index in [1.54, 1.807) is 43.5 Å². The summed E-state index contributed by atoms with van der Waals surface area (Å²) in [6.45, 7) is 2.13. The fourth-order valence-electron chi connectivity index (χ4n) is 3.77. The van der Waals surface area contributed by atoms with Gasteiger partial charge in [-0.1, -0.05) is 42.0 Å². The molecule has 2 N–H and O–H groups in total. The lowest BCUT2D eigenvalue weighted by Crippen LogP contribution is -2.36. The van der Waals surface area contributed by atoms with Crippen molar-refractivity contribution in [1.82, 2.24) is 15.1 Å². The highest BCUT2D eigenvalue weighted by Gasteiger charge is 2.47. The molecule has 1 aliphatic heterocycles. The third-order valence-corrected chi connectivity index (χ3v) is 5.57. The molecule has 1 aliphatic rings. The first-order valence-electron chi connectivity index (χ1n) is 10.1. The summed E-state index contributed by atoms with van der Waals surface area (Å²) in [6.07, 6.45) is -3.53. The van der Waals surface area contributed by atoms with E-state index in [0.717, 1.165) is 21.4 Å². The summed E-state index contributed by atoms with van der Waals surface area (Å²) in [6, 6.07) is 12.0. The Kier molecular flexibility index (Phi) is 5.82. The second-order valence-corrected chi connectivity index (χ2v) is 7.78. The van der Waals surface area contributed by atoms with Crippen molar-refractivity contribution in [3.63, 3.8) is 0 Å². The molecular formula is C23H23F3N4O2. The van der Waals surface area contributed by atoms with Gasteiger partial charge in [0.2, 0.25) is 0 Å². The average Bonchev–Trinajstić information content (AvgIpc) is 3.21. The van der Waals surface area contributed by atoms with Crippen LogP contribution < -0.4 is 15.4 Å². The van der Waals surface area contributed by atoms with Gasteiger partial charge in [-0.3, -0.25) is 4.79 Å². The zero-order chi connectivity index (χ0) is 22.9. The van der Waals surface area contributed by atoms with E-state index in [4.69, 9.17) is 4.74 Å². The van der Waals surface area contributed by atoms with Crippen molar-refractivity contribution in [2.45, 2.75) is 38.1 Å². The first kappa shape index (κ1) is 21.7. The van der Waals surface area contributed by atoms with Gasteiger partial charge in [-0.05, 0) is 30.2 Å². The maximum absolute atomic E-state index is 13.8. The topological polar surface area (TPSA) is 68.2 Å². The maximum atomic E-state index is 13.8. The van der Waals surface area contributed by atoms with Crippen LogP contribution in [0.5, 0.6) is 5.75 Å². The van der Waals surface area contributed by atoms with Crippen LogP contribution in [0.3, 0.4) is 0 Å². The van der Waals surface area contributed by atoms with Gasteiger partial charge in [-0.2, -0.15) is 18.3 Å². The summed E-state index contributed by atoms with van der Waals surface area (Å²) in [7, 11) is 1.56. The van der Waals surface area contributed by atoms with Gasteiger partial charge in [0.05, 0.1) is 19.3 Å². The second kappa shape index (κ2) is 8.57. The number of anilines is 1. The standard InChI is InChI=1S/C23H23F3N4O2/c1-14-3-7-16(8-4-14)19-11-20(23(24,25)26)30-21(29-19)18(13-28-30)22(31)27-12-15-5-9-17(32-2)10-6-15/h3-10,13,19-20,29H,11-12H2,1-2H3,(H,27,31). The van der Waals surface area contributed by atoms with Crippen LogP contribution in [-0.4, -0.2) is 29.0 Å².